The number of carbonyl (C=O) groups is 1. The van der Waals surface area contributed by atoms with Gasteiger partial charge in [0.25, 0.3) is 11.5 Å². The van der Waals surface area contributed by atoms with Gasteiger partial charge in [0.05, 0.1) is 24.6 Å². The Morgan fingerprint density at radius 1 is 0.943 bits per heavy atom. The van der Waals surface area contributed by atoms with Gasteiger partial charge in [-0.2, -0.15) is 0 Å². The van der Waals surface area contributed by atoms with Crippen molar-refractivity contribution in [2.24, 2.45) is 0 Å². The van der Waals surface area contributed by atoms with Crippen LogP contribution in [0.4, 0.5) is 11.4 Å². The van der Waals surface area contributed by atoms with E-state index in [1.807, 2.05) is 47.7 Å². The quantitative estimate of drug-likeness (QED) is 0.375. The lowest BCUT2D eigenvalue weighted by molar-refractivity contribution is 0.102. The molecule has 0 aliphatic carbocycles. The zero-order chi connectivity index (χ0) is 24.4. The lowest BCUT2D eigenvalue weighted by Crippen LogP contribution is -2.22. The average molecular weight is 469 g/mol. The van der Waals surface area contributed by atoms with Crippen LogP contribution in [0.25, 0.3) is 16.7 Å². The van der Waals surface area contributed by atoms with Crippen LogP contribution in [-0.2, 0) is 13.1 Å². The van der Waals surface area contributed by atoms with Gasteiger partial charge in [-0.15, -0.1) is 10.2 Å². The number of hydrogen-bond acceptors (Lipinski definition) is 6. The zero-order valence-corrected chi connectivity index (χ0v) is 19.4. The summed E-state index contributed by atoms with van der Waals surface area (Å²) in [6.07, 6.45) is 0. The Balaban J connectivity index is 1.34. The summed E-state index contributed by atoms with van der Waals surface area (Å²) in [5.41, 5.74) is 2.75. The highest BCUT2D eigenvalue weighted by Gasteiger charge is 2.15. The molecule has 0 bridgehead atoms. The van der Waals surface area contributed by atoms with Crippen molar-refractivity contribution in [2.45, 2.75) is 20.0 Å². The summed E-state index contributed by atoms with van der Waals surface area (Å²) in [5.74, 6) is 1.72. The number of benzene rings is 3. The molecule has 0 atom stereocenters. The standard InChI is InChI=1S/C26H24N6O3/c1-3-31-25(34)21-6-4-5-7-22(21)32-23(29-30-26(31)32)16-27-18-10-8-17(9-11-18)24(33)28-19-12-14-20(35-2)15-13-19/h4-15,27H,3,16H2,1-2H3,(H,28,33). The lowest BCUT2D eigenvalue weighted by Gasteiger charge is -2.11. The van der Waals surface area contributed by atoms with E-state index in [0.29, 0.717) is 41.3 Å². The number of hydrogen-bond donors (Lipinski definition) is 2. The Labute approximate surface area is 201 Å². The molecule has 0 saturated carbocycles. The molecule has 2 heterocycles. The van der Waals surface area contributed by atoms with Gasteiger partial charge in [0.1, 0.15) is 5.75 Å². The Morgan fingerprint density at radius 3 is 2.37 bits per heavy atom. The van der Waals surface area contributed by atoms with Crippen LogP contribution < -0.4 is 20.9 Å². The van der Waals surface area contributed by atoms with E-state index in [0.717, 1.165) is 17.0 Å². The van der Waals surface area contributed by atoms with Gasteiger partial charge in [-0.25, -0.2) is 0 Å². The number of ether oxygens (including phenoxy) is 1. The number of amides is 1. The van der Waals surface area contributed by atoms with Gasteiger partial charge in [-0.3, -0.25) is 18.6 Å². The van der Waals surface area contributed by atoms with Crippen molar-refractivity contribution in [2.75, 3.05) is 17.7 Å². The molecule has 1 amide bonds. The van der Waals surface area contributed by atoms with E-state index in [4.69, 9.17) is 4.74 Å². The van der Waals surface area contributed by atoms with E-state index < -0.39 is 0 Å². The number of rotatable bonds is 7. The molecule has 0 aliphatic rings. The number of anilines is 2. The highest BCUT2D eigenvalue weighted by molar-refractivity contribution is 6.04. The van der Waals surface area contributed by atoms with E-state index in [1.165, 1.54) is 0 Å². The van der Waals surface area contributed by atoms with Crippen molar-refractivity contribution in [3.05, 3.63) is 94.5 Å². The molecule has 0 aliphatic heterocycles. The summed E-state index contributed by atoms with van der Waals surface area (Å²) in [5, 5.41) is 15.4. The largest absolute Gasteiger partial charge is 0.497 e. The van der Waals surface area contributed by atoms with E-state index >= 15 is 0 Å². The Bertz CT molecular complexity index is 1570. The third-order valence-corrected chi connectivity index (χ3v) is 5.84. The molecule has 9 heteroatoms. The van der Waals surface area contributed by atoms with Gasteiger partial charge >= 0.3 is 0 Å². The van der Waals surface area contributed by atoms with Crippen LogP contribution in [0.5, 0.6) is 5.75 Å². The number of para-hydroxylation sites is 1. The van der Waals surface area contributed by atoms with E-state index in [1.54, 1.807) is 48.1 Å². The topological polar surface area (TPSA) is 103 Å². The first kappa shape index (κ1) is 22.1. The molecule has 0 radical (unpaired) electrons. The zero-order valence-electron chi connectivity index (χ0n) is 19.4. The normalized spacial score (nSPS) is 11.0. The lowest BCUT2D eigenvalue weighted by atomic mass is 10.2. The Morgan fingerprint density at radius 2 is 1.66 bits per heavy atom. The predicted octanol–water partition coefficient (Wildman–Crippen LogP) is 3.94. The third kappa shape index (κ3) is 4.19. The first-order valence-electron chi connectivity index (χ1n) is 11.2. The van der Waals surface area contributed by atoms with Crippen LogP contribution in [0.3, 0.4) is 0 Å². The number of nitrogens with zero attached hydrogens (tertiary/aromatic N) is 4. The highest BCUT2D eigenvalue weighted by atomic mass is 16.5. The number of nitrogens with one attached hydrogen (secondary N) is 2. The SMILES string of the molecule is CCn1c(=O)c2ccccc2n2c(CNc3ccc(C(=O)Nc4ccc(OC)cc4)cc3)nnc12. The fourth-order valence-electron chi connectivity index (χ4n) is 4.01. The second-order valence-corrected chi connectivity index (χ2v) is 7.93. The molecule has 0 unspecified atom stereocenters. The molecule has 0 spiro atoms. The molecular formula is C26H24N6O3. The first-order valence-corrected chi connectivity index (χ1v) is 11.2. The van der Waals surface area contributed by atoms with Gasteiger partial charge < -0.3 is 15.4 Å². The van der Waals surface area contributed by atoms with E-state index in [-0.39, 0.29) is 11.5 Å². The predicted molar refractivity (Wildman–Crippen MR) is 135 cm³/mol. The van der Waals surface area contributed by atoms with Crippen LogP contribution in [0, 0.1) is 0 Å². The average Bonchev–Trinajstić information content (AvgIpc) is 3.32. The van der Waals surface area contributed by atoms with Gasteiger partial charge in [-0.1, -0.05) is 12.1 Å². The summed E-state index contributed by atoms with van der Waals surface area (Å²) < 4.78 is 8.67. The van der Waals surface area contributed by atoms with Crippen LogP contribution in [-0.4, -0.2) is 32.2 Å². The minimum absolute atomic E-state index is 0.0778. The van der Waals surface area contributed by atoms with Crippen LogP contribution in [0.1, 0.15) is 23.1 Å². The molecule has 35 heavy (non-hydrogen) atoms. The molecular weight excluding hydrogens is 444 g/mol. The summed E-state index contributed by atoms with van der Waals surface area (Å²) >= 11 is 0. The summed E-state index contributed by atoms with van der Waals surface area (Å²) in [6, 6.07) is 21.8. The molecule has 0 fully saturated rings. The van der Waals surface area contributed by atoms with E-state index in [9.17, 15) is 9.59 Å². The van der Waals surface area contributed by atoms with Crippen molar-refractivity contribution < 1.29 is 9.53 Å². The molecule has 5 rings (SSSR count). The molecule has 9 nitrogen and oxygen atoms in total. The summed E-state index contributed by atoms with van der Waals surface area (Å²) in [6.45, 7) is 2.80. The van der Waals surface area contributed by atoms with Crippen LogP contribution in [0.15, 0.2) is 77.6 Å². The third-order valence-electron chi connectivity index (χ3n) is 5.84. The van der Waals surface area contributed by atoms with Gasteiger partial charge in [0.2, 0.25) is 5.78 Å². The number of carbonyl (C=O) groups excluding carboxylic acids is 1. The second-order valence-electron chi connectivity index (χ2n) is 7.93. The summed E-state index contributed by atoms with van der Waals surface area (Å²) in [7, 11) is 1.60. The van der Waals surface area contributed by atoms with E-state index in [2.05, 4.69) is 20.8 Å². The number of aromatic nitrogens is 4. The summed E-state index contributed by atoms with van der Waals surface area (Å²) in [4.78, 5) is 25.4. The maximum atomic E-state index is 12.8. The molecule has 3 aromatic carbocycles. The molecule has 2 aromatic heterocycles. The maximum Gasteiger partial charge on any atom is 0.262 e. The van der Waals surface area contributed by atoms with Crippen molar-refractivity contribution >= 4 is 34.0 Å². The minimum Gasteiger partial charge on any atom is -0.497 e. The molecule has 176 valence electrons. The Kier molecular flexibility index (Phi) is 5.88. The number of methoxy groups -OCH3 is 1. The van der Waals surface area contributed by atoms with Gasteiger partial charge in [-0.05, 0) is 67.6 Å². The Hall–Kier alpha value is -4.66. The van der Waals surface area contributed by atoms with Crippen LogP contribution >= 0.6 is 0 Å². The van der Waals surface area contributed by atoms with Gasteiger partial charge in [0.15, 0.2) is 5.82 Å². The number of fused-ring (bicyclic) bond motifs is 3. The minimum atomic E-state index is -0.200. The second kappa shape index (κ2) is 9.30. The monoisotopic (exact) mass is 468 g/mol. The smallest absolute Gasteiger partial charge is 0.262 e. The fourth-order valence-corrected chi connectivity index (χ4v) is 4.01. The molecule has 2 N–H and O–H groups in total. The number of aryl methyl sites for hydroxylation is 1. The van der Waals surface area contributed by atoms with Crippen molar-refractivity contribution in [3.63, 3.8) is 0 Å². The van der Waals surface area contributed by atoms with Crippen LogP contribution in [0.2, 0.25) is 0 Å². The van der Waals surface area contributed by atoms with Crippen molar-refractivity contribution in [1.29, 1.82) is 0 Å². The van der Waals surface area contributed by atoms with Crippen molar-refractivity contribution in [1.82, 2.24) is 19.2 Å². The van der Waals surface area contributed by atoms with Gasteiger partial charge in [0, 0.05) is 23.5 Å². The molecule has 0 saturated heterocycles. The highest BCUT2D eigenvalue weighted by Crippen LogP contribution is 2.18. The molecule has 5 aromatic rings. The maximum absolute atomic E-state index is 12.8. The van der Waals surface area contributed by atoms with Crippen molar-refractivity contribution in [3.8, 4) is 5.75 Å². The first-order chi connectivity index (χ1) is 17.1. The fraction of sp³-hybridized carbons (Fsp3) is 0.154.